The highest BCUT2D eigenvalue weighted by atomic mass is 16.2. The van der Waals surface area contributed by atoms with Gasteiger partial charge in [-0.15, -0.1) is 0 Å². The lowest BCUT2D eigenvalue weighted by Gasteiger charge is -2.21. The van der Waals surface area contributed by atoms with Crippen LogP contribution in [-0.4, -0.2) is 47.8 Å². The number of nitrogens with zero attached hydrogens (tertiary/aromatic N) is 3. The highest BCUT2D eigenvalue weighted by molar-refractivity contribution is 5.80. The summed E-state index contributed by atoms with van der Waals surface area (Å²) in [7, 11) is 0. The maximum absolute atomic E-state index is 12.4. The van der Waals surface area contributed by atoms with Gasteiger partial charge in [0, 0.05) is 26.2 Å². The first-order valence-electron chi connectivity index (χ1n) is 7.58. The van der Waals surface area contributed by atoms with Crippen LogP contribution in [0.2, 0.25) is 0 Å². The van der Waals surface area contributed by atoms with E-state index in [0.717, 1.165) is 17.5 Å². The summed E-state index contributed by atoms with van der Waals surface area (Å²) in [4.78, 5) is 27.7. The molecular formula is C17H21N3O2. The minimum atomic E-state index is -0.143. The summed E-state index contributed by atoms with van der Waals surface area (Å²) in [5.74, 6) is -0.0457. The Morgan fingerprint density at radius 1 is 1.14 bits per heavy atom. The van der Waals surface area contributed by atoms with Gasteiger partial charge in [0.1, 0.15) is 6.42 Å². The number of benzene rings is 1. The van der Waals surface area contributed by atoms with Gasteiger partial charge in [0.05, 0.1) is 12.5 Å². The molecule has 2 rings (SSSR count). The fourth-order valence-corrected chi connectivity index (χ4v) is 2.70. The predicted molar refractivity (Wildman–Crippen MR) is 82.9 cm³/mol. The Balaban J connectivity index is 1.92. The quantitative estimate of drug-likeness (QED) is 0.850. The van der Waals surface area contributed by atoms with Gasteiger partial charge in [-0.2, -0.15) is 5.26 Å². The summed E-state index contributed by atoms with van der Waals surface area (Å²) in [5.41, 5.74) is 2.17. The molecule has 1 aromatic carbocycles. The Kier molecular flexibility index (Phi) is 5.54. The van der Waals surface area contributed by atoms with Crippen LogP contribution in [0, 0.1) is 18.3 Å². The molecule has 116 valence electrons. The van der Waals surface area contributed by atoms with Gasteiger partial charge in [0.15, 0.2) is 0 Å². The van der Waals surface area contributed by atoms with E-state index in [2.05, 4.69) is 0 Å². The maximum atomic E-state index is 12.4. The number of amides is 2. The summed E-state index contributed by atoms with van der Waals surface area (Å²) in [6.45, 7) is 4.36. The zero-order valence-electron chi connectivity index (χ0n) is 12.9. The number of nitriles is 1. The van der Waals surface area contributed by atoms with Gasteiger partial charge < -0.3 is 9.80 Å². The average Bonchev–Trinajstić information content (AvgIpc) is 2.73. The molecule has 0 saturated carbocycles. The van der Waals surface area contributed by atoms with Crippen LogP contribution < -0.4 is 0 Å². The summed E-state index contributed by atoms with van der Waals surface area (Å²) < 4.78 is 0. The third-order valence-electron chi connectivity index (χ3n) is 3.87. The van der Waals surface area contributed by atoms with Crippen LogP contribution in [0.25, 0.3) is 0 Å². The van der Waals surface area contributed by atoms with Crippen molar-refractivity contribution >= 4 is 11.8 Å². The van der Waals surface area contributed by atoms with Crippen LogP contribution >= 0.6 is 0 Å². The molecule has 0 aliphatic carbocycles. The molecule has 0 N–H and O–H groups in total. The smallest absolute Gasteiger partial charge is 0.236 e. The van der Waals surface area contributed by atoms with Crippen LogP contribution in [-0.2, 0) is 16.0 Å². The Hall–Kier alpha value is -2.35. The second-order valence-corrected chi connectivity index (χ2v) is 5.62. The van der Waals surface area contributed by atoms with Crippen molar-refractivity contribution in [2.75, 3.05) is 26.2 Å². The van der Waals surface area contributed by atoms with Crippen molar-refractivity contribution in [1.82, 2.24) is 9.80 Å². The second-order valence-electron chi connectivity index (χ2n) is 5.62. The van der Waals surface area contributed by atoms with E-state index < -0.39 is 0 Å². The summed E-state index contributed by atoms with van der Waals surface area (Å²) in [6, 6.07) is 9.85. The Labute approximate surface area is 131 Å². The van der Waals surface area contributed by atoms with Crippen molar-refractivity contribution in [3.05, 3.63) is 35.4 Å². The zero-order chi connectivity index (χ0) is 15.9. The average molecular weight is 299 g/mol. The Morgan fingerprint density at radius 3 is 2.45 bits per heavy atom. The van der Waals surface area contributed by atoms with E-state index in [0.29, 0.717) is 32.6 Å². The fourth-order valence-electron chi connectivity index (χ4n) is 2.70. The van der Waals surface area contributed by atoms with E-state index in [4.69, 9.17) is 5.26 Å². The Bertz CT molecular complexity index is 592. The van der Waals surface area contributed by atoms with E-state index in [1.54, 1.807) is 4.90 Å². The maximum Gasteiger partial charge on any atom is 0.236 e. The molecular weight excluding hydrogens is 278 g/mol. The van der Waals surface area contributed by atoms with Crippen molar-refractivity contribution in [2.45, 2.75) is 26.2 Å². The molecule has 0 aromatic heterocycles. The summed E-state index contributed by atoms with van der Waals surface area (Å²) >= 11 is 0. The molecule has 1 heterocycles. The SMILES string of the molecule is Cc1cccc(CC(=O)N2CCCN(C(=O)CC#N)CC2)c1. The van der Waals surface area contributed by atoms with E-state index in [9.17, 15) is 9.59 Å². The third kappa shape index (κ3) is 4.32. The molecule has 5 nitrogen and oxygen atoms in total. The fraction of sp³-hybridized carbons (Fsp3) is 0.471. The molecule has 0 spiro atoms. The highest BCUT2D eigenvalue weighted by Crippen LogP contribution is 2.10. The van der Waals surface area contributed by atoms with Crippen LogP contribution in [0.1, 0.15) is 24.0 Å². The molecule has 1 aliphatic rings. The second kappa shape index (κ2) is 7.60. The van der Waals surface area contributed by atoms with Gasteiger partial charge >= 0.3 is 0 Å². The van der Waals surface area contributed by atoms with Gasteiger partial charge in [0.25, 0.3) is 0 Å². The van der Waals surface area contributed by atoms with Crippen molar-refractivity contribution in [2.24, 2.45) is 0 Å². The zero-order valence-corrected chi connectivity index (χ0v) is 12.9. The number of hydrogen-bond acceptors (Lipinski definition) is 3. The lowest BCUT2D eigenvalue weighted by Crippen LogP contribution is -2.37. The lowest BCUT2D eigenvalue weighted by molar-refractivity contribution is -0.132. The van der Waals surface area contributed by atoms with Gasteiger partial charge in [-0.3, -0.25) is 9.59 Å². The van der Waals surface area contributed by atoms with Gasteiger partial charge in [-0.25, -0.2) is 0 Å². The molecule has 0 bridgehead atoms. The standard InChI is InChI=1S/C17H21N3O2/c1-14-4-2-5-15(12-14)13-17(22)20-9-3-8-19(10-11-20)16(21)6-7-18/h2,4-5,12H,3,6,8-11,13H2,1H3. The van der Waals surface area contributed by atoms with Gasteiger partial charge in [-0.05, 0) is 18.9 Å². The monoisotopic (exact) mass is 299 g/mol. The van der Waals surface area contributed by atoms with E-state index in [1.165, 1.54) is 0 Å². The van der Waals surface area contributed by atoms with E-state index in [-0.39, 0.29) is 18.2 Å². The molecule has 1 fully saturated rings. The van der Waals surface area contributed by atoms with Crippen molar-refractivity contribution in [1.29, 1.82) is 5.26 Å². The number of carbonyl (C=O) groups is 2. The third-order valence-corrected chi connectivity index (χ3v) is 3.87. The van der Waals surface area contributed by atoms with Crippen LogP contribution in [0.15, 0.2) is 24.3 Å². The number of hydrogen-bond donors (Lipinski definition) is 0. The molecule has 0 atom stereocenters. The first-order valence-corrected chi connectivity index (χ1v) is 7.58. The van der Waals surface area contributed by atoms with Gasteiger partial charge in [-0.1, -0.05) is 29.8 Å². The van der Waals surface area contributed by atoms with E-state index in [1.807, 2.05) is 42.2 Å². The summed E-state index contributed by atoms with van der Waals surface area (Å²) in [5, 5.41) is 8.60. The molecule has 22 heavy (non-hydrogen) atoms. The largest absolute Gasteiger partial charge is 0.341 e. The van der Waals surface area contributed by atoms with Crippen LogP contribution in [0.3, 0.4) is 0 Å². The lowest BCUT2D eigenvalue weighted by atomic mass is 10.1. The molecule has 5 heteroatoms. The normalized spacial score (nSPS) is 15.1. The number of aryl methyl sites for hydroxylation is 1. The first kappa shape index (κ1) is 16.0. The Morgan fingerprint density at radius 2 is 1.82 bits per heavy atom. The van der Waals surface area contributed by atoms with Gasteiger partial charge in [0.2, 0.25) is 11.8 Å². The number of rotatable bonds is 3. The van der Waals surface area contributed by atoms with E-state index >= 15 is 0 Å². The minimum absolute atomic E-state index is 0.0861. The van der Waals surface area contributed by atoms with Crippen LogP contribution in [0.5, 0.6) is 0 Å². The predicted octanol–water partition coefficient (Wildman–Crippen LogP) is 1.51. The van der Waals surface area contributed by atoms with Crippen molar-refractivity contribution in [3.8, 4) is 6.07 Å². The highest BCUT2D eigenvalue weighted by Gasteiger charge is 2.21. The van der Waals surface area contributed by atoms with Crippen LogP contribution in [0.4, 0.5) is 0 Å². The molecule has 1 aromatic rings. The molecule has 2 amide bonds. The molecule has 1 saturated heterocycles. The molecule has 0 unspecified atom stereocenters. The summed E-state index contributed by atoms with van der Waals surface area (Å²) in [6.07, 6.45) is 1.07. The number of carbonyl (C=O) groups excluding carboxylic acids is 2. The molecule has 1 aliphatic heterocycles. The molecule has 0 radical (unpaired) electrons. The topological polar surface area (TPSA) is 64.4 Å². The van der Waals surface area contributed by atoms with Crippen molar-refractivity contribution < 1.29 is 9.59 Å². The van der Waals surface area contributed by atoms with Crippen molar-refractivity contribution in [3.63, 3.8) is 0 Å². The first-order chi connectivity index (χ1) is 10.6. The minimum Gasteiger partial charge on any atom is -0.341 e.